The molecule has 1 N–H and O–H groups in total. The molecule has 0 aliphatic carbocycles. The van der Waals surface area contributed by atoms with E-state index < -0.39 is 15.9 Å². The molecule has 0 saturated carbocycles. The molecule has 1 heterocycles. The lowest BCUT2D eigenvalue weighted by molar-refractivity contribution is -0.120. The Bertz CT molecular complexity index is 1030. The maximum atomic E-state index is 12.5. The molecule has 0 bridgehead atoms. The summed E-state index contributed by atoms with van der Waals surface area (Å²) in [4.78, 5) is 26.1. The summed E-state index contributed by atoms with van der Waals surface area (Å²) in [5.41, 5.74) is 2.05. The second-order valence-corrected chi connectivity index (χ2v) is 9.58. The molecule has 3 rings (SSSR count). The number of nitrogens with zero attached hydrogens (tertiary/aromatic N) is 2. The fraction of sp³-hybridized carbons (Fsp3) is 0.300. The molecule has 0 aromatic heterocycles. The Balaban J connectivity index is 1.67. The minimum Gasteiger partial charge on any atom is -0.350 e. The third-order valence-corrected chi connectivity index (χ3v) is 6.39. The monoisotopic (exact) mass is 479 g/mol. The van der Waals surface area contributed by atoms with Gasteiger partial charge in [-0.1, -0.05) is 24.3 Å². The average molecular weight is 480 g/mol. The first-order valence-corrected chi connectivity index (χ1v) is 11.8. The molecule has 2 aromatic rings. The Hall–Kier alpha value is -2.39. The predicted molar refractivity (Wildman–Crippen MR) is 116 cm³/mol. The Morgan fingerprint density at radius 2 is 1.97 bits per heavy atom. The minimum atomic E-state index is -3.64. The van der Waals surface area contributed by atoms with Crippen LogP contribution in [0.4, 0.5) is 11.4 Å². The number of nitrogens with one attached hydrogen (secondary N) is 1. The molecule has 1 saturated heterocycles. The third-order valence-electron chi connectivity index (χ3n) is 4.59. The quantitative estimate of drug-likeness (QED) is 0.661. The van der Waals surface area contributed by atoms with E-state index >= 15 is 0 Å². The van der Waals surface area contributed by atoms with Crippen LogP contribution in [0.25, 0.3) is 0 Å². The number of carbonyl (C=O) groups excluding carboxylic acids is 2. The Morgan fingerprint density at radius 3 is 2.62 bits per heavy atom. The van der Waals surface area contributed by atoms with Crippen LogP contribution in [0.3, 0.4) is 0 Å². The first-order chi connectivity index (χ1) is 13.8. The molecule has 0 radical (unpaired) electrons. The normalized spacial score (nSPS) is 14.1. The van der Waals surface area contributed by atoms with Crippen LogP contribution >= 0.6 is 15.9 Å². The van der Waals surface area contributed by atoms with E-state index in [-0.39, 0.29) is 19.0 Å². The number of para-hydroxylation sites is 1. The SMILES string of the molecule is CS(=O)(=O)N(CC(=O)NCc1cccc(N2CCCC2=O)c1)c1ccccc1Br. The minimum absolute atomic E-state index is 0.100. The van der Waals surface area contributed by atoms with Gasteiger partial charge in [0.2, 0.25) is 21.8 Å². The van der Waals surface area contributed by atoms with Crippen molar-refractivity contribution >= 4 is 49.1 Å². The van der Waals surface area contributed by atoms with Crippen molar-refractivity contribution in [2.45, 2.75) is 19.4 Å². The lowest BCUT2D eigenvalue weighted by Gasteiger charge is -2.23. The third kappa shape index (κ3) is 5.36. The molecule has 7 nitrogen and oxygen atoms in total. The van der Waals surface area contributed by atoms with Crippen LogP contribution in [0.5, 0.6) is 0 Å². The van der Waals surface area contributed by atoms with E-state index in [0.29, 0.717) is 23.1 Å². The number of carbonyl (C=O) groups is 2. The fourth-order valence-electron chi connectivity index (χ4n) is 3.18. The molecular formula is C20H22BrN3O4S. The number of hydrogen-bond acceptors (Lipinski definition) is 4. The van der Waals surface area contributed by atoms with Crippen molar-refractivity contribution < 1.29 is 18.0 Å². The summed E-state index contributed by atoms with van der Waals surface area (Å²) < 4.78 is 26.1. The van der Waals surface area contributed by atoms with Crippen LogP contribution in [0.1, 0.15) is 18.4 Å². The maximum Gasteiger partial charge on any atom is 0.241 e. The van der Waals surface area contributed by atoms with Gasteiger partial charge in [0.25, 0.3) is 0 Å². The van der Waals surface area contributed by atoms with E-state index in [2.05, 4.69) is 21.2 Å². The highest BCUT2D eigenvalue weighted by Gasteiger charge is 2.23. The van der Waals surface area contributed by atoms with Crippen molar-refractivity contribution in [1.82, 2.24) is 5.32 Å². The lowest BCUT2D eigenvalue weighted by Crippen LogP contribution is -2.40. The zero-order valence-corrected chi connectivity index (χ0v) is 18.4. The Morgan fingerprint density at radius 1 is 1.21 bits per heavy atom. The van der Waals surface area contributed by atoms with Gasteiger partial charge in [-0.15, -0.1) is 0 Å². The molecule has 0 spiro atoms. The van der Waals surface area contributed by atoms with Crippen LogP contribution in [0.15, 0.2) is 53.0 Å². The zero-order chi connectivity index (χ0) is 21.0. The number of benzene rings is 2. The second kappa shape index (κ2) is 8.96. The van der Waals surface area contributed by atoms with Gasteiger partial charge >= 0.3 is 0 Å². The summed E-state index contributed by atoms with van der Waals surface area (Å²) in [5.74, 6) is -0.322. The molecule has 0 unspecified atom stereocenters. The topological polar surface area (TPSA) is 86.8 Å². The highest BCUT2D eigenvalue weighted by molar-refractivity contribution is 9.10. The number of amides is 2. The van der Waals surface area contributed by atoms with Gasteiger partial charge in [0.1, 0.15) is 6.54 Å². The van der Waals surface area contributed by atoms with E-state index in [1.165, 1.54) is 0 Å². The van der Waals surface area contributed by atoms with Crippen molar-refractivity contribution in [1.29, 1.82) is 0 Å². The van der Waals surface area contributed by atoms with E-state index in [0.717, 1.165) is 28.2 Å². The molecule has 1 fully saturated rings. The number of anilines is 2. The van der Waals surface area contributed by atoms with E-state index in [4.69, 9.17) is 0 Å². The van der Waals surface area contributed by atoms with Gasteiger partial charge in [0, 0.05) is 29.7 Å². The number of halogens is 1. The standard InChI is InChI=1S/C20H22BrN3O4S/c1-29(27,28)24(18-9-3-2-8-17(18)21)14-19(25)22-13-15-6-4-7-16(12-15)23-11-5-10-20(23)26/h2-4,6-9,12H,5,10-11,13-14H2,1H3,(H,22,25). The van der Waals surface area contributed by atoms with E-state index in [1.54, 1.807) is 29.2 Å². The highest BCUT2D eigenvalue weighted by Crippen LogP contribution is 2.27. The first-order valence-electron chi connectivity index (χ1n) is 9.14. The summed E-state index contributed by atoms with van der Waals surface area (Å²) in [6.45, 7) is 0.609. The van der Waals surface area contributed by atoms with Crippen LogP contribution in [-0.2, 0) is 26.2 Å². The molecule has 29 heavy (non-hydrogen) atoms. The highest BCUT2D eigenvalue weighted by atomic mass is 79.9. The van der Waals surface area contributed by atoms with E-state index in [1.807, 2.05) is 24.3 Å². The van der Waals surface area contributed by atoms with Crippen molar-refractivity contribution in [2.75, 3.05) is 28.6 Å². The smallest absolute Gasteiger partial charge is 0.241 e. The number of hydrogen-bond donors (Lipinski definition) is 1. The van der Waals surface area contributed by atoms with Gasteiger partial charge in [0.05, 0.1) is 11.9 Å². The predicted octanol–water partition coefficient (Wildman–Crippen LogP) is 2.66. The first kappa shape index (κ1) is 21.3. The number of sulfonamides is 1. The van der Waals surface area contributed by atoms with Crippen LogP contribution in [0.2, 0.25) is 0 Å². The average Bonchev–Trinajstić information content (AvgIpc) is 3.10. The van der Waals surface area contributed by atoms with Gasteiger partial charge in [-0.2, -0.15) is 0 Å². The van der Waals surface area contributed by atoms with Crippen LogP contribution < -0.4 is 14.5 Å². The number of rotatable bonds is 7. The van der Waals surface area contributed by atoms with Crippen molar-refractivity contribution in [2.24, 2.45) is 0 Å². The van der Waals surface area contributed by atoms with Gasteiger partial charge in [-0.3, -0.25) is 13.9 Å². The summed E-state index contributed by atoms with van der Waals surface area (Å²) in [6, 6.07) is 14.3. The van der Waals surface area contributed by atoms with Crippen LogP contribution in [-0.4, -0.2) is 39.6 Å². The van der Waals surface area contributed by atoms with E-state index in [9.17, 15) is 18.0 Å². The van der Waals surface area contributed by atoms with Gasteiger partial charge in [-0.05, 0) is 52.2 Å². The van der Waals surface area contributed by atoms with Crippen molar-refractivity contribution in [3.8, 4) is 0 Å². The zero-order valence-electron chi connectivity index (χ0n) is 16.0. The summed E-state index contributed by atoms with van der Waals surface area (Å²) >= 11 is 3.33. The molecule has 1 aliphatic heterocycles. The maximum absolute atomic E-state index is 12.5. The van der Waals surface area contributed by atoms with Crippen molar-refractivity contribution in [3.63, 3.8) is 0 Å². The Kier molecular flexibility index (Phi) is 6.59. The van der Waals surface area contributed by atoms with Gasteiger partial charge in [0.15, 0.2) is 0 Å². The fourth-order valence-corrected chi connectivity index (χ4v) is 4.66. The molecule has 1 aliphatic rings. The van der Waals surface area contributed by atoms with Gasteiger partial charge in [-0.25, -0.2) is 8.42 Å². The Labute approximate surface area is 178 Å². The molecule has 2 amide bonds. The molecule has 154 valence electrons. The molecule has 2 aromatic carbocycles. The summed E-state index contributed by atoms with van der Waals surface area (Å²) in [5, 5.41) is 2.76. The molecule has 0 atom stereocenters. The van der Waals surface area contributed by atoms with Crippen LogP contribution in [0, 0.1) is 0 Å². The summed E-state index contributed by atoms with van der Waals surface area (Å²) in [6.07, 6.45) is 2.46. The molecular weight excluding hydrogens is 458 g/mol. The lowest BCUT2D eigenvalue weighted by atomic mass is 10.2. The largest absolute Gasteiger partial charge is 0.350 e. The summed E-state index contributed by atoms with van der Waals surface area (Å²) in [7, 11) is -3.64. The molecule has 9 heteroatoms. The van der Waals surface area contributed by atoms with Gasteiger partial charge < -0.3 is 10.2 Å². The second-order valence-electron chi connectivity index (χ2n) is 6.82. The van der Waals surface area contributed by atoms with Crippen molar-refractivity contribution in [3.05, 3.63) is 58.6 Å².